The van der Waals surface area contributed by atoms with E-state index in [1.165, 1.54) is 5.56 Å². The lowest BCUT2D eigenvalue weighted by atomic mass is 10.2. The Morgan fingerprint density at radius 1 is 1.29 bits per heavy atom. The minimum atomic E-state index is 0.670. The van der Waals surface area contributed by atoms with E-state index in [-0.39, 0.29) is 0 Å². The first-order chi connectivity index (χ1) is 10.0. The molecule has 0 amide bonds. The van der Waals surface area contributed by atoms with E-state index in [2.05, 4.69) is 76.7 Å². The highest BCUT2D eigenvalue weighted by Gasteiger charge is 2.08. The predicted molar refractivity (Wildman–Crippen MR) is 94.9 cm³/mol. The van der Waals surface area contributed by atoms with Crippen LogP contribution < -0.4 is 10.2 Å². The highest BCUT2D eigenvalue weighted by Crippen LogP contribution is 2.21. The largest absolute Gasteiger partial charge is 0.347 e. The molecule has 2 aromatic rings. The van der Waals surface area contributed by atoms with Gasteiger partial charge < -0.3 is 10.2 Å². The molecule has 0 saturated carbocycles. The van der Waals surface area contributed by atoms with Gasteiger partial charge in [0.05, 0.1) is 5.69 Å². The molecule has 3 nitrogen and oxygen atoms in total. The van der Waals surface area contributed by atoms with Crippen LogP contribution in [0.15, 0.2) is 34.1 Å². The molecule has 0 spiro atoms. The summed E-state index contributed by atoms with van der Waals surface area (Å²) in [7, 11) is 2.09. The lowest BCUT2D eigenvalue weighted by Gasteiger charge is -2.15. The Morgan fingerprint density at radius 2 is 2.00 bits per heavy atom. The molecule has 0 saturated heterocycles. The van der Waals surface area contributed by atoms with E-state index in [9.17, 15) is 0 Å². The molecule has 1 heterocycles. The first-order valence-corrected chi connectivity index (χ1v) is 8.82. The van der Waals surface area contributed by atoms with Crippen LogP contribution in [-0.4, -0.2) is 18.6 Å². The van der Waals surface area contributed by atoms with Crippen LogP contribution >= 0.6 is 27.3 Å². The van der Waals surface area contributed by atoms with Crippen molar-refractivity contribution in [3.63, 3.8) is 0 Å². The predicted octanol–water partition coefficient (Wildman–Crippen LogP) is 4.29. The topological polar surface area (TPSA) is 28.2 Å². The highest BCUT2D eigenvalue weighted by atomic mass is 79.9. The molecule has 0 aliphatic heterocycles. The summed E-state index contributed by atoms with van der Waals surface area (Å²) in [6.07, 6.45) is 0. The van der Waals surface area contributed by atoms with Gasteiger partial charge in [-0.2, -0.15) is 0 Å². The monoisotopic (exact) mass is 367 g/mol. The molecule has 0 radical (unpaired) electrons. The Labute approximate surface area is 139 Å². The Kier molecular flexibility index (Phi) is 6.21. The second-order valence-electron chi connectivity index (χ2n) is 5.63. The molecule has 5 heteroatoms. The van der Waals surface area contributed by atoms with Gasteiger partial charge in [-0.3, -0.25) is 0 Å². The third-order valence-corrected chi connectivity index (χ3v) is 4.59. The molecule has 0 atom stereocenters. The Balaban J connectivity index is 1.89. The summed E-state index contributed by atoms with van der Waals surface area (Å²) in [4.78, 5) is 6.89. The molecular weight excluding hydrogens is 346 g/mol. The van der Waals surface area contributed by atoms with Crippen molar-refractivity contribution < 1.29 is 0 Å². The van der Waals surface area contributed by atoms with Crippen molar-refractivity contribution >= 4 is 32.4 Å². The zero-order valence-corrected chi connectivity index (χ0v) is 15.2. The molecule has 1 aromatic carbocycles. The standard InChI is InChI=1S/C16H22BrN3S/c1-12(2)8-18-9-15-11-21-16(19-15)20(3)10-13-4-6-14(17)7-5-13/h4-7,11-12,18H,8-10H2,1-3H3. The maximum absolute atomic E-state index is 4.69. The second kappa shape index (κ2) is 7.92. The summed E-state index contributed by atoms with van der Waals surface area (Å²) in [5.74, 6) is 0.670. The van der Waals surface area contributed by atoms with E-state index < -0.39 is 0 Å². The van der Waals surface area contributed by atoms with Crippen molar-refractivity contribution in [3.05, 3.63) is 45.4 Å². The van der Waals surface area contributed by atoms with Crippen LogP contribution in [0.25, 0.3) is 0 Å². The number of hydrogen-bond acceptors (Lipinski definition) is 4. The molecule has 2 rings (SSSR count). The van der Waals surface area contributed by atoms with E-state index in [1.54, 1.807) is 11.3 Å². The van der Waals surface area contributed by atoms with Crippen LogP contribution in [0.5, 0.6) is 0 Å². The first-order valence-electron chi connectivity index (χ1n) is 7.15. The van der Waals surface area contributed by atoms with Crippen molar-refractivity contribution in [1.29, 1.82) is 0 Å². The normalized spacial score (nSPS) is 11.1. The maximum Gasteiger partial charge on any atom is 0.185 e. The van der Waals surface area contributed by atoms with E-state index in [4.69, 9.17) is 4.98 Å². The average molecular weight is 368 g/mol. The molecule has 0 bridgehead atoms. The lowest BCUT2D eigenvalue weighted by Crippen LogP contribution is -2.19. The van der Waals surface area contributed by atoms with Gasteiger partial charge in [-0.15, -0.1) is 11.3 Å². The number of nitrogens with zero attached hydrogens (tertiary/aromatic N) is 2. The number of halogens is 1. The maximum atomic E-state index is 4.69. The zero-order valence-electron chi connectivity index (χ0n) is 12.8. The molecule has 0 fully saturated rings. The van der Waals surface area contributed by atoms with E-state index in [1.807, 2.05) is 0 Å². The minimum absolute atomic E-state index is 0.670. The smallest absolute Gasteiger partial charge is 0.185 e. The first kappa shape index (κ1) is 16.5. The summed E-state index contributed by atoms with van der Waals surface area (Å²) in [5, 5.41) is 6.64. The summed E-state index contributed by atoms with van der Waals surface area (Å²) < 4.78 is 1.11. The van der Waals surface area contributed by atoms with Crippen molar-refractivity contribution in [2.75, 3.05) is 18.5 Å². The number of thiazole rings is 1. The van der Waals surface area contributed by atoms with Crippen LogP contribution in [0.2, 0.25) is 0 Å². The summed E-state index contributed by atoms with van der Waals surface area (Å²) in [6.45, 7) is 7.18. The van der Waals surface area contributed by atoms with Gasteiger partial charge in [0.15, 0.2) is 5.13 Å². The van der Waals surface area contributed by atoms with Gasteiger partial charge in [0.1, 0.15) is 0 Å². The second-order valence-corrected chi connectivity index (χ2v) is 7.38. The molecule has 0 unspecified atom stereocenters. The molecule has 0 aliphatic carbocycles. The summed E-state index contributed by atoms with van der Waals surface area (Å²) >= 11 is 5.17. The van der Waals surface area contributed by atoms with Gasteiger partial charge in [0.2, 0.25) is 0 Å². The lowest BCUT2D eigenvalue weighted by molar-refractivity contribution is 0.549. The molecular formula is C16H22BrN3S. The zero-order chi connectivity index (χ0) is 15.2. The fourth-order valence-corrected chi connectivity index (χ4v) is 3.03. The SMILES string of the molecule is CC(C)CNCc1csc(N(C)Cc2ccc(Br)cc2)n1. The van der Waals surface area contributed by atoms with Crippen LogP contribution in [0.4, 0.5) is 5.13 Å². The van der Waals surface area contributed by atoms with Crippen LogP contribution in [0.1, 0.15) is 25.1 Å². The molecule has 1 N–H and O–H groups in total. The quantitative estimate of drug-likeness (QED) is 0.790. The minimum Gasteiger partial charge on any atom is -0.347 e. The Hall–Kier alpha value is -0.910. The van der Waals surface area contributed by atoms with Gasteiger partial charge in [-0.25, -0.2) is 4.98 Å². The number of hydrogen-bond donors (Lipinski definition) is 1. The third kappa shape index (κ3) is 5.41. The molecule has 1 aromatic heterocycles. The van der Waals surface area contributed by atoms with E-state index in [0.29, 0.717) is 5.92 Å². The Morgan fingerprint density at radius 3 is 2.67 bits per heavy atom. The van der Waals surface area contributed by atoms with Gasteiger partial charge in [-0.1, -0.05) is 41.9 Å². The van der Waals surface area contributed by atoms with Gasteiger partial charge in [-0.05, 0) is 30.2 Å². The van der Waals surface area contributed by atoms with Gasteiger partial charge in [0, 0.05) is 30.0 Å². The average Bonchev–Trinajstić information content (AvgIpc) is 2.90. The molecule has 0 aliphatic rings. The van der Waals surface area contributed by atoms with Crippen molar-refractivity contribution in [3.8, 4) is 0 Å². The molecule has 21 heavy (non-hydrogen) atoms. The van der Waals surface area contributed by atoms with Crippen molar-refractivity contribution in [2.24, 2.45) is 5.92 Å². The van der Waals surface area contributed by atoms with Gasteiger partial charge >= 0.3 is 0 Å². The van der Waals surface area contributed by atoms with Crippen molar-refractivity contribution in [2.45, 2.75) is 26.9 Å². The molecule has 114 valence electrons. The van der Waals surface area contributed by atoms with Gasteiger partial charge in [0.25, 0.3) is 0 Å². The number of anilines is 1. The van der Waals surface area contributed by atoms with Crippen LogP contribution in [0.3, 0.4) is 0 Å². The van der Waals surface area contributed by atoms with E-state index >= 15 is 0 Å². The number of aromatic nitrogens is 1. The summed E-state index contributed by atoms with van der Waals surface area (Å²) in [5.41, 5.74) is 2.41. The van der Waals surface area contributed by atoms with Crippen molar-refractivity contribution in [1.82, 2.24) is 10.3 Å². The Bertz CT molecular complexity index is 551. The summed E-state index contributed by atoms with van der Waals surface area (Å²) in [6, 6.07) is 8.43. The van der Waals surface area contributed by atoms with E-state index in [0.717, 1.165) is 34.9 Å². The number of nitrogens with one attached hydrogen (secondary N) is 1. The third-order valence-electron chi connectivity index (χ3n) is 3.06. The number of benzene rings is 1. The van der Waals surface area contributed by atoms with Crippen LogP contribution in [0, 0.1) is 5.92 Å². The number of rotatable bonds is 7. The van der Waals surface area contributed by atoms with Crippen LogP contribution in [-0.2, 0) is 13.1 Å². The highest BCUT2D eigenvalue weighted by molar-refractivity contribution is 9.10. The fraction of sp³-hybridized carbons (Fsp3) is 0.438. The fourth-order valence-electron chi connectivity index (χ4n) is 1.97.